The van der Waals surface area contributed by atoms with Gasteiger partial charge in [-0.25, -0.2) is 4.98 Å². The number of aromatic nitrogens is 4. The number of Topliss-reactive ketones (excluding diaryl/α,β-unsaturated/α-hetero) is 1. The Hall–Kier alpha value is -2.58. The third-order valence-electron chi connectivity index (χ3n) is 9.24. The zero-order valence-corrected chi connectivity index (χ0v) is 32.0. The van der Waals surface area contributed by atoms with Crippen molar-refractivity contribution in [3.05, 3.63) is 47.0 Å². The van der Waals surface area contributed by atoms with Gasteiger partial charge in [0.1, 0.15) is 36.8 Å². The Labute approximate surface area is 288 Å². The minimum Gasteiger partial charge on any atom is -0.486 e. The van der Waals surface area contributed by atoms with Crippen LogP contribution in [0.3, 0.4) is 0 Å². The van der Waals surface area contributed by atoms with Gasteiger partial charge in [-0.05, 0) is 40.6 Å². The summed E-state index contributed by atoms with van der Waals surface area (Å²) in [6, 6.07) is 9.18. The van der Waals surface area contributed by atoms with Crippen LogP contribution in [0.15, 0.2) is 41.5 Å². The number of aromatic amines is 1. The standard InChI is InChI=1S/C32H49N5O8SSi2/c1-18(2)47(19(3)4)43-25(23(38)15-40-22-13-11-10-12-14-22)26-27(44-48(45-47,20(5)6)21(7)8)28(41-17-46-9)31(42-26)37-16-34-24-29(37)35-32(33)36-30(24)39/h10-14,16,18-21,25-28,31H,15,17H2,1-9H3,(H3,33,35,36,39)/t25?,26-,27-,28-,31-/m1/s1. The molecule has 0 spiro atoms. The van der Waals surface area contributed by atoms with Crippen molar-refractivity contribution >= 4 is 51.8 Å². The Bertz CT molecular complexity index is 1600. The fourth-order valence-electron chi connectivity index (χ4n) is 6.85. The predicted molar refractivity (Wildman–Crippen MR) is 189 cm³/mol. The van der Waals surface area contributed by atoms with Crippen molar-refractivity contribution in [3.8, 4) is 5.75 Å². The molecule has 3 aromatic rings. The highest BCUT2D eigenvalue weighted by Crippen LogP contribution is 2.50. The summed E-state index contributed by atoms with van der Waals surface area (Å²) in [4.78, 5) is 38.4. The number of nitrogens with one attached hydrogen (secondary N) is 1. The molecule has 2 fully saturated rings. The molecule has 5 rings (SSSR count). The maximum absolute atomic E-state index is 14.4. The minimum atomic E-state index is -3.23. The highest BCUT2D eigenvalue weighted by molar-refractivity contribution is 7.98. The van der Waals surface area contributed by atoms with Crippen LogP contribution in [0.1, 0.15) is 61.6 Å². The first-order valence-electron chi connectivity index (χ1n) is 16.5. The molecule has 13 nitrogen and oxygen atoms in total. The third-order valence-corrected chi connectivity index (χ3v) is 19.9. The Kier molecular flexibility index (Phi) is 11.3. The zero-order valence-electron chi connectivity index (χ0n) is 29.2. The van der Waals surface area contributed by atoms with Crippen LogP contribution in [-0.4, -0.2) is 85.6 Å². The highest BCUT2D eigenvalue weighted by atomic mass is 32.2. The van der Waals surface area contributed by atoms with Crippen LogP contribution < -0.4 is 16.0 Å². The number of imidazole rings is 1. The molecule has 1 unspecified atom stereocenters. The lowest BCUT2D eigenvalue weighted by atomic mass is 10.0. The number of ketones is 1. The number of H-pyrrole nitrogens is 1. The summed E-state index contributed by atoms with van der Waals surface area (Å²) in [5.41, 5.74) is 5.81. The van der Waals surface area contributed by atoms with Crippen molar-refractivity contribution in [1.82, 2.24) is 19.5 Å². The van der Waals surface area contributed by atoms with Gasteiger partial charge in [-0.3, -0.25) is 19.1 Å². The number of benzene rings is 1. The predicted octanol–water partition coefficient (Wildman–Crippen LogP) is 5.28. The van der Waals surface area contributed by atoms with Crippen molar-refractivity contribution < 1.29 is 32.0 Å². The fraction of sp³-hybridized carbons (Fsp3) is 0.625. The number of hydrogen-bond donors (Lipinski definition) is 2. The van der Waals surface area contributed by atoms with E-state index in [-0.39, 0.29) is 51.7 Å². The number of carbonyl (C=O) groups excluding carboxylic acids is 1. The SMILES string of the molecule is CSCO[C@@H]1[C@@H]2O[Si](C(C)C)(C(C)C)O[Si](C(C)C)(C(C)C)OC(C(=O)COc3ccccc3)[C@H]2O[C@H]1n1cnc2c(=O)[nH]c(N)nc21. The van der Waals surface area contributed by atoms with E-state index in [1.54, 1.807) is 16.7 Å². The average Bonchev–Trinajstić information content (AvgIpc) is 3.59. The zero-order chi connectivity index (χ0) is 35.0. The van der Waals surface area contributed by atoms with Crippen LogP contribution in [0.2, 0.25) is 22.2 Å². The van der Waals surface area contributed by atoms with E-state index >= 15 is 0 Å². The second-order valence-electron chi connectivity index (χ2n) is 13.7. The molecule has 2 aromatic heterocycles. The van der Waals surface area contributed by atoms with Crippen LogP contribution in [0, 0.1) is 0 Å². The second-order valence-corrected chi connectivity index (χ2v) is 23.3. The summed E-state index contributed by atoms with van der Waals surface area (Å²) in [7, 11) is -6.38. The largest absolute Gasteiger partial charge is 0.486 e. The minimum absolute atomic E-state index is 0.0224. The van der Waals surface area contributed by atoms with Crippen molar-refractivity contribution in [2.45, 2.75) is 108 Å². The van der Waals surface area contributed by atoms with Gasteiger partial charge in [0.05, 0.1) is 12.3 Å². The molecule has 2 aliphatic rings. The van der Waals surface area contributed by atoms with Gasteiger partial charge in [-0.15, -0.1) is 11.8 Å². The summed E-state index contributed by atoms with van der Waals surface area (Å²) >= 11 is 1.50. The van der Waals surface area contributed by atoms with Crippen LogP contribution in [0.5, 0.6) is 5.75 Å². The molecule has 3 N–H and O–H groups in total. The van der Waals surface area contributed by atoms with Crippen molar-refractivity contribution in [3.63, 3.8) is 0 Å². The van der Waals surface area contributed by atoms with Gasteiger partial charge in [0.2, 0.25) is 5.95 Å². The van der Waals surface area contributed by atoms with E-state index in [0.29, 0.717) is 11.7 Å². The first-order valence-corrected chi connectivity index (χ1v) is 21.8. The quantitative estimate of drug-likeness (QED) is 0.184. The highest BCUT2D eigenvalue weighted by Gasteiger charge is 2.65. The van der Waals surface area contributed by atoms with E-state index in [9.17, 15) is 9.59 Å². The van der Waals surface area contributed by atoms with Gasteiger partial charge >= 0.3 is 17.1 Å². The number of carbonyl (C=O) groups is 1. The Balaban J connectivity index is 1.69. The number of fused-ring (bicyclic) bond motifs is 2. The smallest absolute Gasteiger partial charge is 0.335 e. The summed E-state index contributed by atoms with van der Waals surface area (Å²) in [6.45, 7) is 16.7. The summed E-state index contributed by atoms with van der Waals surface area (Å²) < 4.78 is 43.1. The monoisotopic (exact) mass is 719 g/mol. The number of nitrogens with two attached hydrogens (primary N) is 1. The number of para-hydroxylation sites is 1. The molecule has 264 valence electrons. The lowest BCUT2D eigenvalue weighted by Gasteiger charge is -2.53. The van der Waals surface area contributed by atoms with Crippen molar-refractivity contribution in [2.24, 2.45) is 0 Å². The normalized spacial score (nSPS) is 25.5. The van der Waals surface area contributed by atoms with Crippen molar-refractivity contribution in [1.29, 1.82) is 0 Å². The molecule has 1 aromatic carbocycles. The molecule has 4 heterocycles. The summed E-state index contributed by atoms with van der Waals surface area (Å²) in [6.07, 6.45) is -1.04. The molecule has 0 bridgehead atoms. The number of hydrogen-bond acceptors (Lipinski definition) is 12. The van der Waals surface area contributed by atoms with E-state index in [1.807, 2.05) is 24.5 Å². The Morgan fingerprint density at radius 1 is 1.00 bits per heavy atom. The molecule has 2 aliphatic heterocycles. The number of thioether (sulfide) groups is 1. The fourth-order valence-corrected chi connectivity index (χ4v) is 18.4. The molecule has 0 amide bonds. The molecular formula is C32H49N5O8SSi2. The number of nitrogens with zero attached hydrogens (tertiary/aromatic N) is 3. The first-order chi connectivity index (χ1) is 22.8. The molecule has 5 atom stereocenters. The van der Waals surface area contributed by atoms with Crippen molar-refractivity contribution in [2.75, 3.05) is 24.5 Å². The lowest BCUT2D eigenvalue weighted by molar-refractivity contribution is -0.145. The maximum Gasteiger partial charge on any atom is 0.335 e. The summed E-state index contributed by atoms with van der Waals surface area (Å²) in [5, 5.41) is 0. The van der Waals surface area contributed by atoms with Gasteiger partial charge in [0, 0.05) is 0 Å². The van der Waals surface area contributed by atoms with E-state index in [1.165, 1.54) is 18.1 Å². The van der Waals surface area contributed by atoms with E-state index < -0.39 is 53.3 Å². The van der Waals surface area contributed by atoms with Gasteiger partial charge in [-0.2, -0.15) is 4.98 Å². The van der Waals surface area contributed by atoms with Crippen LogP contribution >= 0.6 is 11.8 Å². The van der Waals surface area contributed by atoms with Gasteiger partial charge in [0.25, 0.3) is 5.56 Å². The molecular weight excluding hydrogens is 671 g/mol. The van der Waals surface area contributed by atoms with Crippen LogP contribution in [0.4, 0.5) is 5.95 Å². The average molecular weight is 720 g/mol. The summed E-state index contributed by atoms with van der Waals surface area (Å²) in [5.74, 6) is 0.509. The Morgan fingerprint density at radius 2 is 1.62 bits per heavy atom. The first kappa shape index (κ1) is 36.7. The van der Waals surface area contributed by atoms with Gasteiger partial charge < -0.3 is 32.9 Å². The third kappa shape index (κ3) is 6.77. The number of nitrogen functional groups attached to an aromatic ring is 1. The van der Waals surface area contributed by atoms with Crippen LogP contribution in [0.25, 0.3) is 11.2 Å². The van der Waals surface area contributed by atoms with E-state index in [0.717, 1.165) is 0 Å². The second kappa shape index (κ2) is 14.7. The molecule has 0 radical (unpaired) electrons. The number of rotatable bonds is 12. The van der Waals surface area contributed by atoms with Gasteiger partial charge in [0.15, 0.2) is 23.2 Å². The number of anilines is 1. The lowest BCUT2D eigenvalue weighted by Crippen LogP contribution is -2.68. The molecule has 2 saturated heterocycles. The van der Waals surface area contributed by atoms with Gasteiger partial charge in [-0.1, -0.05) is 73.6 Å². The maximum atomic E-state index is 14.4. The molecule has 0 saturated carbocycles. The molecule has 0 aliphatic carbocycles. The topological polar surface area (TPSA) is 162 Å². The molecule has 16 heteroatoms. The van der Waals surface area contributed by atoms with Crippen LogP contribution in [-0.2, 0) is 27.2 Å². The number of ether oxygens (including phenoxy) is 3. The Morgan fingerprint density at radius 3 is 2.23 bits per heavy atom. The van der Waals surface area contributed by atoms with E-state index in [4.69, 9.17) is 32.9 Å². The molecule has 48 heavy (non-hydrogen) atoms. The van der Waals surface area contributed by atoms with E-state index in [2.05, 4.69) is 70.3 Å².